The van der Waals surface area contributed by atoms with Gasteiger partial charge in [0.2, 0.25) is 0 Å². The highest BCUT2D eigenvalue weighted by Gasteiger charge is 2.32. The second kappa shape index (κ2) is 6.04. The third-order valence-electron chi connectivity index (χ3n) is 2.67. The molecule has 2 nitrogen and oxygen atoms in total. The monoisotopic (exact) mass is 326 g/mol. The van der Waals surface area contributed by atoms with E-state index in [1.165, 1.54) is 19.1 Å². The van der Waals surface area contributed by atoms with E-state index in [1.807, 2.05) is 0 Å². The van der Waals surface area contributed by atoms with Gasteiger partial charge in [0.15, 0.2) is 0 Å². The summed E-state index contributed by atoms with van der Waals surface area (Å²) in [7, 11) is 0. The lowest BCUT2D eigenvalue weighted by molar-refractivity contribution is -0.138. The molecular weight excluding hydrogens is 313 g/mol. The molecule has 2 N–H and O–H groups in total. The van der Waals surface area contributed by atoms with Gasteiger partial charge in [0.25, 0.3) is 0 Å². The molecule has 0 heterocycles. The molecule has 0 aliphatic heterocycles. The largest absolute Gasteiger partial charge is 0.416 e. The minimum atomic E-state index is -4.40. The molecule has 1 rings (SSSR count). The Bertz CT molecular complexity index is 407. The van der Waals surface area contributed by atoms with Gasteiger partial charge in [0.1, 0.15) is 6.10 Å². The lowest BCUT2D eigenvalue weighted by Crippen LogP contribution is -2.19. The minimum absolute atomic E-state index is 0.0325. The molecule has 18 heavy (non-hydrogen) atoms. The molecule has 0 saturated heterocycles. The molecule has 1 aromatic carbocycles. The Morgan fingerprint density at radius 3 is 2.33 bits per heavy atom. The molecule has 1 aromatic rings. The van der Waals surface area contributed by atoms with Crippen molar-refractivity contribution in [2.24, 2.45) is 0 Å². The Balaban J connectivity index is 2.97. The van der Waals surface area contributed by atoms with Gasteiger partial charge in [0, 0.05) is 5.33 Å². The van der Waals surface area contributed by atoms with Crippen molar-refractivity contribution >= 4 is 15.9 Å². The number of hydrogen-bond acceptors (Lipinski definition) is 2. The first-order chi connectivity index (χ1) is 8.27. The molecule has 0 radical (unpaired) electrons. The first kappa shape index (κ1) is 15.5. The summed E-state index contributed by atoms with van der Waals surface area (Å²) in [6, 6.07) is 3.37. The molecule has 0 spiro atoms. The van der Waals surface area contributed by atoms with Crippen molar-refractivity contribution in [1.29, 1.82) is 0 Å². The number of aryl methyl sites for hydroxylation is 1. The number of benzene rings is 1. The summed E-state index contributed by atoms with van der Waals surface area (Å²) in [5.74, 6) is 0. The van der Waals surface area contributed by atoms with Gasteiger partial charge < -0.3 is 10.2 Å². The zero-order valence-electron chi connectivity index (χ0n) is 9.71. The molecule has 0 fully saturated rings. The maximum atomic E-state index is 12.5. The zero-order chi connectivity index (χ0) is 13.9. The highest BCUT2D eigenvalue weighted by Crippen LogP contribution is 2.33. The Labute approximate surface area is 112 Å². The highest BCUT2D eigenvalue weighted by molar-refractivity contribution is 9.09. The fraction of sp³-hybridized carbons (Fsp3) is 0.500. The van der Waals surface area contributed by atoms with Gasteiger partial charge in [-0.3, -0.25) is 0 Å². The van der Waals surface area contributed by atoms with E-state index in [4.69, 9.17) is 0 Å². The van der Waals surface area contributed by atoms with Crippen molar-refractivity contribution in [3.8, 4) is 0 Å². The van der Waals surface area contributed by atoms with E-state index in [9.17, 15) is 23.4 Å². The number of aliphatic hydroxyl groups is 2. The van der Waals surface area contributed by atoms with E-state index < -0.39 is 23.9 Å². The Hall–Kier alpha value is -0.590. The van der Waals surface area contributed by atoms with Crippen LogP contribution in [0.4, 0.5) is 13.2 Å². The van der Waals surface area contributed by atoms with Crippen LogP contribution >= 0.6 is 15.9 Å². The van der Waals surface area contributed by atoms with Crippen molar-refractivity contribution in [3.05, 3.63) is 34.9 Å². The molecule has 0 aliphatic carbocycles. The summed E-state index contributed by atoms with van der Waals surface area (Å²) < 4.78 is 37.6. The normalized spacial score (nSPS) is 15.5. The summed E-state index contributed by atoms with van der Waals surface area (Å²) in [4.78, 5) is 0. The minimum Gasteiger partial charge on any atom is -0.390 e. The quantitative estimate of drug-likeness (QED) is 0.834. The average molecular weight is 327 g/mol. The Morgan fingerprint density at radius 1 is 1.28 bits per heavy atom. The van der Waals surface area contributed by atoms with Gasteiger partial charge in [-0.1, -0.05) is 28.1 Å². The smallest absolute Gasteiger partial charge is 0.390 e. The van der Waals surface area contributed by atoms with Gasteiger partial charge >= 0.3 is 6.18 Å². The third kappa shape index (κ3) is 3.70. The van der Waals surface area contributed by atoms with Crippen LogP contribution in [0.15, 0.2) is 18.2 Å². The molecule has 102 valence electrons. The maximum absolute atomic E-state index is 12.5. The van der Waals surface area contributed by atoms with Gasteiger partial charge in [-0.2, -0.15) is 13.2 Å². The van der Waals surface area contributed by atoms with E-state index in [0.717, 1.165) is 6.07 Å². The van der Waals surface area contributed by atoms with E-state index in [0.29, 0.717) is 11.8 Å². The van der Waals surface area contributed by atoms with Crippen molar-refractivity contribution < 1.29 is 23.4 Å². The van der Waals surface area contributed by atoms with E-state index in [2.05, 4.69) is 15.9 Å². The van der Waals surface area contributed by atoms with Crippen molar-refractivity contribution in [2.45, 2.75) is 31.7 Å². The number of rotatable bonds is 4. The number of hydrogen-bond donors (Lipinski definition) is 2. The number of alkyl halides is 4. The Morgan fingerprint density at radius 2 is 1.89 bits per heavy atom. The second-order valence-corrected chi connectivity index (χ2v) is 4.85. The van der Waals surface area contributed by atoms with Crippen molar-refractivity contribution in [1.82, 2.24) is 0 Å². The first-order valence-corrected chi connectivity index (χ1v) is 6.49. The standard InChI is InChI=1S/C12H14BrF3O2/c1-7-6-8(11(18)10(17)4-5-13)2-3-9(7)12(14,15)16/h2-3,6,10-11,17-18H,4-5H2,1H3. The fourth-order valence-electron chi connectivity index (χ4n) is 1.68. The van der Waals surface area contributed by atoms with Crippen molar-refractivity contribution in [2.75, 3.05) is 5.33 Å². The summed E-state index contributed by atoms with van der Waals surface area (Å²) in [6.45, 7) is 1.33. The van der Waals surface area contributed by atoms with Crippen LogP contribution in [0.2, 0.25) is 0 Å². The molecule has 2 atom stereocenters. The van der Waals surface area contributed by atoms with Crippen molar-refractivity contribution in [3.63, 3.8) is 0 Å². The molecule has 0 amide bonds. The topological polar surface area (TPSA) is 40.5 Å². The second-order valence-electron chi connectivity index (χ2n) is 4.06. The zero-order valence-corrected chi connectivity index (χ0v) is 11.3. The molecular formula is C12H14BrF3O2. The predicted molar refractivity (Wildman–Crippen MR) is 65.6 cm³/mol. The SMILES string of the molecule is Cc1cc(C(O)C(O)CCBr)ccc1C(F)(F)F. The maximum Gasteiger partial charge on any atom is 0.416 e. The van der Waals surface area contributed by atoms with E-state index in [-0.39, 0.29) is 11.1 Å². The molecule has 0 aliphatic rings. The number of halogens is 4. The van der Waals surface area contributed by atoms with Gasteiger partial charge in [-0.05, 0) is 30.5 Å². The fourth-order valence-corrected chi connectivity index (χ4v) is 2.15. The summed E-state index contributed by atoms with van der Waals surface area (Å²) >= 11 is 3.12. The van der Waals surface area contributed by atoms with Gasteiger partial charge in [-0.25, -0.2) is 0 Å². The van der Waals surface area contributed by atoms with Gasteiger partial charge in [0.05, 0.1) is 11.7 Å². The highest BCUT2D eigenvalue weighted by atomic mass is 79.9. The lowest BCUT2D eigenvalue weighted by atomic mass is 9.98. The number of aliphatic hydroxyl groups excluding tert-OH is 2. The van der Waals surface area contributed by atoms with Gasteiger partial charge in [-0.15, -0.1) is 0 Å². The average Bonchev–Trinajstić information content (AvgIpc) is 2.26. The van der Waals surface area contributed by atoms with E-state index >= 15 is 0 Å². The molecule has 2 unspecified atom stereocenters. The van der Waals surface area contributed by atoms with Crippen LogP contribution in [-0.4, -0.2) is 21.6 Å². The van der Waals surface area contributed by atoms with Crippen LogP contribution in [0.1, 0.15) is 29.2 Å². The van der Waals surface area contributed by atoms with Crippen LogP contribution in [0.25, 0.3) is 0 Å². The summed E-state index contributed by atoms with van der Waals surface area (Å²) in [5, 5.41) is 19.9. The summed E-state index contributed by atoms with van der Waals surface area (Å²) in [5.41, 5.74) is -0.410. The first-order valence-electron chi connectivity index (χ1n) is 5.37. The predicted octanol–water partition coefficient (Wildman–Crippen LogP) is 3.19. The van der Waals surface area contributed by atoms with Crippen LogP contribution < -0.4 is 0 Å². The molecule has 0 saturated carbocycles. The third-order valence-corrected chi connectivity index (χ3v) is 3.12. The molecule has 0 aromatic heterocycles. The lowest BCUT2D eigenvalue weighted by Gasteiger charge is -2.19. The van der Waals surface area contributed by atoms with Crippen LogP contribution in [0.5, 0.6) is 0 Å². The molecule has 6 heteroatoms. The van der Waals surface area contributed by atoms with Crippen LogP contribution in [-0.2, 0) is 6.18 Å². The van der Waals surface area contributed by atoms with Crippen LogP contribution in [0, 0.1) is 6.92 Å². The van der Waals surface area contributed by atoms with Crippen LogP contribution in [0.3, 0.4) is 0 Å². The summed E-state index contributed by atoms with van der Waals surface area (Å²) in [6.07, 6.45) is -6.26. The molecule has 0 bridgehead atoms. The Kier molecular flexibility index (Phi) is 5.19. The van der Waals surface area contributed by atoms with E-state index in [1.54, 1.807) is 0 Å².